The van der Waals surface area contributed by atoms with Crippen LogP contribution in [0.2, 0.25) is 0 Å². The number of benzene rings is 1. The summed E-state index contributed by atoms with van der Waals surface area (Å²) in [7, 11) is 3.11. The molecule has 1 aliphatic rings. The predicted octanol–water partition coefficient (Wildman–Crippen LogP) is 3.86. The molecule has 0 saturated carbocycles. The average Bonchev–Trinajstić information content (AvgIpc) is 3.35. The third-order valence-corrected chi connectivity index (χ3v) is 3.35. The van der Waals surface area contributed by atoms with Gasteiger partial charge in [-0.15, -0.1) is 0 Å². The maximum atomic E-state index is 12.1. The fourth-order valence-electron chi connectivity index (χ4n) is 2.08. The molecule has 4 heteroatoms. The van der Waals surface area contributed by atoms with Gasteiger partial charge in [0.15, 0.2) is 0 Å². The second kappa shape index (κ2) is 11.1. The predicted molar refractivity (Wildman–Crippen MR) is 95.9 cm³/mol. The summed E-state index contributed by atoms with van der Waals surface area (Å²) in [5.74, 6) is 1.07. The normalized spacial score (nSPS) is 12.1. The second-order valence-electron chi connectivity index (χ2n) is 4.94. The summed E-state index contributed by atoms with van der Waals surface area (Å²) in [6.07, 6.45) is 11.1. The molecule has 0 heterocycles. The van der Waals surface area contributed by atoms with E-state index in [-0.39, 0.29) is 22.8 Å². The largest absolute Gasteiger partial charge is 2.00 e. The Morgan fingerprint density at radius 3 is 2.24 bits per heavy atom. The van der Waals surface area contributed by atoms with Crippen molar-refractivity contribution in [3.05, 3.63) is 96.1 Å². The van der Waals surface area contributed by atoms with Crippen molar-refractivity contribution in [2.24, 2.45) is 0 Å². The van der Waals surface area contributed by atoms with Gasteiger partial charge in [0.05, 0.1) is 14.2 Å². The zero-order valence-corrected chi connectivity index (χ0v) is 15.3. The van der Waals surface area contributed by atoms with Gasteiger partial charge in [-0.2, -0.15) is 18.2 Å². The van der Waals surface area contributed by atoms with Crippen LogP contribution in [0.15, 0.2) is 90.6 Å². The van der Waals surface area contributed by atoms with Crippen LogP contribution >= 0.6 is 0 Å². The van der Waals surface area contributed by atoms with Crippen LogP contribution in [-0.4, -0.2) is 14.2 Å². The second-order valence-corrected chi connectivity index (χ2v) is 4.94. The van der Waals surface area contributed by atoms with Crippen LogP contribution in [0.25, 0.3) is 5.76 Å². The van der Waals surface area contributed by atoms with Gasteiger partial charge in [-0.25, -0.2) is 12.1 Å². The molecule has 0 atom stereocenters. The van der Waals surface area contributed by atoms with E-state index in [1.807, 2.05) is 54.6 Å². The number of methoxy groups -OCH3 is 2. The molecule has 2 aromatic rings. The summed E-state index contributed by atoms with van der Waals surface area (Å²) in [5.41, 5.74) is 1.52. The third kappa shape index (κ3) is 6.46. The number of rotatable bonds is 4. The van der Waals surface area contributed by atoms with Gasteiger partial charge in [0.25, 0.3) is 0 Å². The van der Waals surface area contributed by atoms with Crippen molar-refractivity contribution in [1.82, 2.24) is 0 Å². The standard InChI is InChI=1S/C16H16O3.C5H5.Fe/c1-18-13-8-9-14(16(11-13)19-2)15(17)10-7-12-5-3-4-6-12;1-2-4-5-3-1;/h3-11,17H,1-2H3;1-5H;/q;-1;+2/p-1. The van der Waals surface area contributed by atoms with Crippen molar-refractivity contribution < 1.29 is 31.6 Å². The van der Waals surface area contributed by atoms with Gasteiger partial charge in [-0.1, -0.05) is 42.2 Å². The van der Waals surface area contributed by atoms with Crippen LogP contribution in [0.1, 0.15) is 5.56 Å². The molecule has 0 aliphatic heterocycles. The molecule has 0 N–H and O–H groups in total. The van der Waals surface area contributed by atoms with Gasteiger partial charge in [-0.05, 0) is 17.7 Å². The van der Waals surface area contributed by atoms with E-state index in [9.17, 15) is 5.11 Å². The van der Waals surface area contributed by atoms with Crippen LogP contribution in [-0.2, 0) is 17.1 Å². The first-order valence-corrected chi connectivity index (χ1v) is 7.57. The number of hydrogen-bond donors (Lipinski definition) is 0. The monoisotopic (exact) mass is 376 g/mol. The summed E-state index contributed by atoms with van der Waals surface area (Å²) in [6.45, 7) is 0. The molecule has 0 amide bonds. The van der Waals surface area contributed by atoms with Crippen LogP contribution < -0.4 is 14.6 Å². The number of allylic oxidation sites excluding steroid dienone is 7. The van der Waals surface area contributed by atoms with Gasteiger partial charge in [0.2, 0.25) is 0 Å². The first-order valence-electron chi connectivity index (χ1n) is 7.57. The summed E-state index contributed by atoms with van der Waals surface area (Å²) in [6, 6.07) is 15.1. The van der Waals surface area contributed by atoms with Crippen molar-refractivity contribution in [1.29, 1.82) is 0 Å². The first-order chi connectivity index (χ1) is 11.7. The third-order valence-electron chi connectivity index (χ3n) is 3.35. The minimum absolute atomic E-state index is 0. The minimum Gasteiger partial charge on any atom is -0.872 e. The maximum Gasteiger partial charge on any atom is 2.00 e. The molecular weight excluding hydrogens is 356 g/mol. The molecular formula is C21H20FeO3. The van der Waals surface area contributed by atoms with E-state index in [1.165, 1.54) is 7.11 Å². The molecule has 0 saturated heterocycles. The maximum absolute atomic E-state index is 12.1. The van der Waals surface area contributed by atoms with Crippen LogP contribution in [0, 0.1) is 0 Å². The molecule has 0 spiro atoms. The molecule has 0 unspecified atom stereocenters. The van der Waals surface area contributed by atoms with E-state index >= 15 is 0 Å². The van der Waals surface area contributed by atoms with Gasteiger partial charge < -0.3 is 14.6 Å². The van der Waals surface area contributed by atoms with E-state index in [0.717, 1.165) is 5.57 Å². The fourth-order valence-corrected chi connectivity index (χ4v) is 2.08. The van der Waals surface area contributed by atoms with Crippen molar-refractivity contribution in [2.45, 2.75) is 0 Å². The summed E-state index contributed by atoms with van der Waals surface area (Å²) in [5, 5.41) is 12.1. The van der Waals surface area contributed by atoms with E-state index in [1.54, 1.807) is 37.5 Å². The average molecular weight is 376 g/mol. The number of ether oxygens (including phenoxy) is 2. The first kappa shape index (κ1) is 20.5. The van der Waals surface area contributed by atoms with E-state index < -0.39 is 0 Å². The van der Waals surface area contributed by atoms with Gasteiger partial charge in [0.1, 0.15) is 11.5 Å². The van der Waals surface area contributed by atoms with Gasteiger partial charge in [-0.3, -0.25) is 0 Å². The van der Waals surface area contributed by atoms with Gasteiger partial charge in [0, 0.05) is 11.6 Å². The van der Waals surface area contributed by atoms with E-state index in [0.29, 0.717) is 17.1 Å². The summed E-state index contributed by atoms with van der Waals surface area (Å²) >= 11 is 0. The Hall–Kier alpha value is -2.55. The molecule has 2 aromatic carbocycles. The SMILES string of the molecule is COc1ccc(C([O-])=CC=C2C=CC=C2)c(OC)c1.[Fe+2].c1cc[cH-]c1. The van der Waals surface area contributed by atoms with Crippen LogP contribution in [0.4, 0.5) is 0 Å². The fraction of sp³-hybridized carbons (Fsp3) is 0.0952. The quantitative estimate of drug-likeness (QED) is 0.462. The Morgan fingerprint density at radius 2 is 1.72 bits per heavy atom. The Morgan fingerprint density at radius 1 is 1.04 bits per heavy atom. The summed E-state index contributed by atoms with van der Waals surface area (Å²) < 4.78 is 10.3. The molecule has 0 aromatic heterocycles. The minimum atomic E-state index is -0.0966. The van der Waals surface area contributed by atoms with Crippen molar-refractivity contribution in [3.63, 3.8) is 0 Å². The molecule has 0 radical (unpaired) electrons. The molecule has 1 aliphatic carbocycles. The molecule has 3 nitrogen and oxygen atoms in total. The summed E-state index contributed by atoms with van der Waals surface area (Å²) in [4.78, 5) is 0. The topological polar surface area (TPSA) is 41.5 Å². The van der Waals surface area contributed by atoms with E-state index in [4.69, 9.17) is 9.47 Å². The van der Waals surface area contributed by atoms with Crippen molar-refractivity contribution in [3.8, 4) is 11.5 Å². The van der Waals surface area contributed by atoms with Crippen molar-refractivity contribution in [2.75, 3.05) is 14.2 Å². The molecule has 130 valence electrons. The Balaban J connectivity index is 0.000000448. The smallest absolute Gasteiger partial charge is 0.872 e. The molecule has 0 bridgehead atoms. The zero-order chi connectivity index (χ0) is 17.2. The Labute approximate surface area is 159 Å². The van der Waals surface area contributed by atoms with Crippen molar-refractivity contribution >= 4 is 5.76 Å². The molecule has 0 fully saturated rings. The number of hydrogen-bond acceptors (Lipinski definition) is 3. The zero-order valence-electron chi connectivity index (χ0n) is 14.2. The Kier molecular flexibility index (Phi) is 9.08. The molecule has 25 heavy (non-hydrogen) atoms. The Bertz CT molecular complexity index is 722. The molecule has 3 rings (SSSR count). The van der Waals surface area contributed by atoms with Crippen LogP contribution in [0.5, 0.6) is 11.5 Å². The van der Waals surface area contributed by atoms with Crippen LogP contribution in [0.3, 0.4) is 0 Å². The van der Waals surface area contributed by atoms with E-state index in [2.05, 4.69) is 0 Å². The van der Waals surface area contributed by atoms with Gasteiger partial charge >= 0.3 is 17.1 Å².